The first-order valence-electron chi connectivity index (χ1n) is 4.70. The van der Waals surface area contributed by atoms with E-state index in [-0.39, 0.29) is 17.6 Å². The number of hydrogen-bond acceptors (Lipinski definition) is 4. The third-order valence-corrected chi connectivity index (χ3v) is 4.62. The van der Waals surface area contributed by atoms with Crippen LogP contribution < -0.4 is 5.32 Å². The van der Waals surface area contributed by atoms with E-state index >= 15 is 0 Å². The van der Waals surface area contributed by atoms with Gasteiger partial charge in [-0.25, -0.2) is 8.42 Å². The van der Waals surface area contributed by atoms with Crippen molar-refractivity contribution in [3.63, 3.8) is 0 Å². The quantitative estimate of drug-likeness (QED) is 0.654. The van der Waals surface area contributed by atoms with Crippen LogP contribution in [0.25, 0.3) is 0 Å². The number of piperidine rings is 1. The van der Waals surface area contributed by atoms with Gasteiger partial charge in [-0.05, 0) is 25.8 Å². The van der Waals surface area contributed by atoms with Crippen molar-refractivity contribution in [1.29, 1.82) is 0 Å². The monoisotopic (exact) mass is 207 g/mol. The Hall–Kier alpha value is -0.130. The molecule has 1 aliphatic heterocycles. The molecule has 0 amide bonds. The van der Waals surface area contributed by atoms with Gasteiger partial charge < -0.3 is 10.4 Å². The topological polar surface area (TPSA) is 66.4 Å². The predicted molar refractivity (Wildman–Crippen MR) is 51.4 cm³/mol. The van der Waals surface area contributed by atoms with Gasteiger partial charge in [-0.2, -0.15) is 0 Å². The van der Waals surface area contributed by atoms with Gasteiger partial charge in [0.05, 0.1) is 11.0 Å². The van der Waals surface area contributed by atoms with Crippen LogP contribution in [-0.2, 0) is 9.84 Å². The summed E-state index contributed by atoms with van der Waals surface area (Å²) in [5.41, 5.74) is 0. The highest BCUT2D eigenvalue weighted by Gasteiger charge is 2.26. The molecule has 0 aromatic heterocycles. The van der Waals surface area contributed by atoms with Crippen LogP contribution in [0.3, 0.4) is 0 Å². The average molecular weight is 207 g/mol. The Labute approximate surface area is 79.3 Å². The summed E-state index contributed by atoms with van der Waals surface area (Å²) in [5.74, 6) is 0.121. The minimum absolute atomic E-state index is 0.0423. The lowest BCUT2D eigenvalue weighted by atomic mass is 10.2. The van der Waals surface area contributed by atoms with Gasteiger partial charge in [-0.15, -0.1) is 0 Å². The first-order valence-corrected chi connectivity index (χ1v) is 6.41. The largest absolute Gasteiger partial charge is 0.396 e. The third-order valence-electron chi connectivity index (χ3n) is 2.35. The molecule has 0 aromatic rings. The van der Waals surface area contributed by atoms with Gasteiger partial charge >= 0.3 is 0 Å². The zero-order chi connectivity index (χ0) is 9.73. The summed E-state index contributed by atoms with van der Waals surface area (Å²) >= 11 is 0. The molecule has 1 rings (SSSR count). The average Bonchev–Trinajstić information content (AvgIpc) is 2.16. The Morgan fingerprint density at radius 1 is 1.46 bits per heavy atom. The fourth-order valence-electron chi connectivity index (χ4n) is 1.56. The number of aliphatic hydroxyl groups is 1. The fourth-order valence-corrected chi connectivity index (χ4v) is 3.32. The van der Waals surface area contributed by atoms with Crippen molar-refractivity contribution in [2.45, 2.75) is 24.5 Å². The second-order valence-electron chi connectivity index (χ2n) is 3.41. The fraction of sp³-hybridized carbons (Fsp3) is 1.00. The third kappa shape index (κ3) is 3.25. The molecular weight excluding hydrogens is 190 g/mol. The Bertz CT molecular complexity index is 232. The molecule has 1 aliphatic rings. The maximum absolute atomic E-state index is 11.6. The second-order valence-corrected chi connectivity index (χ2v) is 5.81. The molecule has 1 heterocycles. The van der Waals surface area contributed by atoms with Crippen molar-refractivity contribution >= 4 is 9.84 Å². The van der Waals surface area contributed by atoms with Crippen molar-refractivity contribution in [3.8, 4) is 0 Å². The molecule has 0 aromatic carbocycles. The van der Waals surface area contributed by atoms with Crippen LogP contribution in [0.15, 0.2) is 0 Å². The van der Waals surface area contributed by atoms with Crippen LogP contribution >= 0.6 is 0 Å². The summed E-state index contributed by atoms with van der Waals surface area (Å²) < 4.78 is 23.2. The molecule has 0 radical (unpaired) electrons. The second kappa shape index (κ2) is 4.93. The lowest BCUT2D eigenvalue weighted by molar-refractivity contribution is 0.295. The van der Waals surface area contributed by atoms with Gasteiger partial charge in [0.1, 0.15) is 0 Å². The molecule has 2 N–H and O–H groups in total. The summed E-state index contributed by atoms with van der Waals surface area (Å²) in [5, 5.41) is 11.4. The number of aliphatic hydroxyl groups excluding tert-OH is 1. The summed E-state index contributed by atoms with van der Waals surface area (Å²) in [7, 11) is -2.97. The van der Waals surface area contributed by atoms with Gasteiger partial charge in [-0.3, -0.25) is 0 Å². The molecule has 0 spiro atoms. The van der Waals surface area contributed by atoms with E-state index in [2.05, 4.69) is 5.32 Å². The Kier molecular flexibility index (Phi) is 4.15. The summed E-state index contributed by atoms with van der Waals surface area (Å²) in [4.78, 5) is 0. The van der Waals surface area contributed by atoms with Gasteiger partial charge in [0.2, 0.25) is 0 Å². The first-order chi connectivity index (χ1) is 6.17. The maximum Gasteiger partial charge on any atom is 0.154 e. The van der Waals surface area contributed by atoms with Crippen LogP contribution in [0.4, 0.5) is 0 Å². The molecule has 78 valence electrons. The highest BCUT2D eigenvalue weighted by atomic mass is 32.2. The Balaban J connectivity index is 2.47. The van der Waals surface area contributed by atoms with Gasteiger partial charge in [0.25, 0.3) is 0 Å². The van der Waals surface area contributed by atoms with Crippen molar-refractivity contribution in [1.82, 2.24) is 5.32 Å². The lowest BCUT2D eigenvalue weighted by Crippen LogP contribution is -2.39. The predicted octanol–water partition coefficient (Wildman–Crippen LogP) is -0.464. The number of hydrogen-bond donors (Lipinski definition) is 2. The number of sulfone groups is 1. The van der Waals surface area contributed by atoms with Crippen molar-refractivity contribution in [3.05, 3.63) is 0 Å². The van der Waals surface area contributed by atoms with Crippen LogP contribution in [0.1, 0.15) is 19.3 Å². The van der Waals surface area contributed by atoms with E-state index in [1.54, 1.807) is 0 Å². The van der Waals surface area contributed by atoms with Gasteiger partial charge in [0, 0.05) is 13.2 Å². The van der Waals surface area contributed by atoms with Gasteiger partial charge in [0.15, 0.2) is 9.84 Å². The SMILES string of the molecule is O=S(=O)(CCCO)C1CCCNC1. The maximum atomic E-state index is 11.6. The molecule has 1 unspecified atom stereocenters. The van der Waals surface area contributed by atoms with E-state index in [1.807, 2.05) is 0 Å². The first kappa shape index (κ1) is 10.9. The molecular formula is C8H17NO3S. The highest BCUT2D eigenvalue weighted by Crippen LogP contribution is 2.13. The van der Waals surface area contributed by atoms with Crippen molar-refractivity contribution < 1.29 is 13.5 Å². The van der Waals surface area contributed by atoms with E-state index < -0.39 is 9.84 Å². The molecule has 0 aliphatic carbocycles. The summed E-state index contributed by atoms with van der Waals surface area (Å²) in [6, 6.07) is 0. The zero-order valence-corrected chi connectivity index (χ0v) is 8.52. The van der Waals surface area contributed by atoms with Crippen molar-refractivity contribution in [2.24, 2.45) is 0 Å². The number of nitrogens with one attached hydrogen (secondary N) is 1. The number of rotatable bonds is 4. The molecule has 0 bridgehead atoms. The molecule has 4 nitrogen and oxygen atoms in total. The van der Waals surface area contributed by atoms with E-state index in [9.17, 15) is 8.42 Å². The van der Waals surface area contributed by atoms with Crippen LogP contribution in [-0.4, -0.2) is 44.2 Å². The van der Waals surface area contributed by atoms with Crippen LogP contribution in [0.5, 0.6) is 0 Å². The summed E-state index contributed by atoms with van der Waals surface area (Å²) in [6.07, 6.45) is 2.06. The minimum Gasteiger partial charge on any atom is -0.396 e. The molecule has 1 atom stereocenters. The highest BCUT2D eigenvalue weighted by molar-refractivity contribution is 7.92. The molecule has 1 saturated heterocycles. The van der Waals surface area contributed by atoms with E-state index in [4.69, 9.17) is 5.11 Å². The van der Waals surface area contributed by atoms with Gasteiger partial charge in [-0.1, -0.05) is 0 Å². The smallest absolute Gasteiger partial charge is 0.154 e. The lowest BCUT2D eigenvalue weighted by Gasteiger charge is -2.22. The summed E-state index contributed by atoms with van der Waals surface area (Å²) in [6.45, 7) is 1.46. The van der Waals surface area contributed by atoms with E-state index in [0.717, 1.165) is 19.4 Å². The normalized spacial score (nSPS) is 24.5. The van der Waals surface area contributed by atoms with Crippen molar-refractivity contribution in [2.75, 3.05) is 25.4 Å². The molecule has 13 heavy (non-hydrogen) atoms. The molecule has 1 fully saturated rings. The zero-order valence-electron chi connectivity index (χ0n) is 7.70. The van der Waals surface area contributed by atoms with E-state index in [0.29, 0.717) is 13.0 Å². The van der Waals surface area contributed by atoms with E-state index in [1.165, 1.54) is 0 Å². The Morgan fingerprint density at radius 2 is 2.23 bits per heavy atom. The Morgan fingerprint density at radius 3 is 2.77 bits per heavy atom. The standard InChI is InChI=1S/C8H17NO3S/c10-5-2-6-13(11,12)8-3-1-4-9-7-8/h8-10H,1-7H2. The van der Waals surface area contributed by atoms with Crippen LogP contribution in [0, 0.1) is 0 Å². The minimum atomic E-state index is -2.97. The molecule has 0 saturated carbocycles. The van der Waals surface area contributed by atoms with Crippen LogP contribution in [0.2, 0.25) is 0 Å². The molecule has 5 heteroatoms.